The summed E-state index contributed by atoms with van der Waals surface area (Å²) in [4.78, 5) is 16.7. The Labute approximate surface area is 154 Å². The van der Waals surface area contributed by atoms with E-state index in [1.165, 1.54) is 0 Å². The molecule has 1 aliphatic rings. The fraction of sp³-hybridized carbons (Fsp3) is 0.400. The highest BCUT2D eigenvalue weighted by Gasteiger charge is 2.28. The lowest BCUT2D eigenvalue weighted by atomic mass is 10.1. The van der Waals surface area contributed by atoms with Crippen LogP contribution in [0.15, 0.2) is 36.5 Å². The summed E-state index contributed by atoms with van der Waals surface area (Å²) in [6, 6.07) is 9.92. The van der Waals surface area contributed by atoms with E-state index in [2.05, 4.69) is 28.1 Å². The van der Waals surface area contributed by atoms with Crippen LogP contribution in [0.5, 0.6) is 11.6 Å². The van der Waals surface area contributed by atoms with Crippen molar-refractivity contribution < 1.29 is 9.53 Å². The minimum Gasteiger partial charge on any atom is -0.438 e. The Balaban J connectivity index is 1.67. The van der Waals surface area contributed by atoms with E-state index < -0.39 is 0 Å². The summed E-state index contributed by atoms with van der Waals surface area (Å²) in [7, 11) is 0. The number of carbonyl (C=O) groups is 1. The fourth-order valence-electron chi connectivity index (χ4n) is 3.08. The second-order valence-corrected chi connectivity index (χ2v) is 6.69. The molecular formula is C20H26N4O2. The number of aryl methyl sites for hydroxylation is 2. The second kappa shape index (κ2) is 8.29. The van der Waals surface area contributed by atoms with Crippen molar-refractivity contribution in [3.05, 3.63) is 53.2 Å². The number of nitrogens with one attached hydrogen (secondary N) is 3. The largest absolute Gasteiger partial charge is 0.438 e. The zero-order valence-electron chi connectivity index (χ0n) is 15.5. The molecule has 0 saturated carbocycles. The molecule has 6 heteroatoms. The number of rotatable bonds is 6. The number of hydrazine groups is 1. The number of ether oxygens (including phenoxy) is 1. The van der Waals surface area contributed by atoms with Crippen molar-refractivity contribution in [1.82, 2.24) is 21.2 Å². The molecule has 138 valence electrons. The van der Waals surface area contributed by atoms with Gasteiger partial charge in [0.1, 0.15) is 11.8 Å². The van der Waals surface area contributed by atoms with Crippen molar-refractivity contribution >= 4 is 5.91 Å². The van der Waals surface area contributed by atoms with Gasteiger partial charge in [0.05, 0.1) is 0 Å². The van der Waals surface area contributed by atoms with Gasteiger partial charge in [-0.15, -0.1) is 0 Å². The normalized spacial score (nSPS) is 19.3. The molecule has 1 aromatic carbocycles. The minimum atomic E-state index is -0.209. The van der Waals surface area contributed by atoms with Gasteiger partial charge >= 0.3 is 0 Å². The quantitative estimate of drug-likeness (QED) is 0.744. The van der Waals surface area contributed by atoms with E-state index in [4.69, 9.17) is 4.74 Å². The number of pyridine rings is 1. The molecule has 1 saturated heterocycles. The smallest absolute Gasteiger partial charge is 0.238 e. The van der Waals surface area contributed by atoms with Crippen LogP contribution in [0.3, 0.4) is 0 Å². The Bertz CT molecular complexity index is 758. The van der Waals surface area contributed by atoms with Gasteiger partial charge in [-0.25, -0.2) is 10.4 Å². The zero-order chi connectivity index (χ0) is 18.5. The Hall–Kier alpha value is -2.44. The van der Waals surface area contributed by atoms with Crippen LogP contribution in [0, 0.1) is 13.8 Å². The number of hydrogen-bond acceptors (Lipinski definition) is 5. The fourth-order valence-corrected chi connectivity index (χ4v) is 3.08. The van der Waals surface area contributed by atoms with Crippen molar-refractivity contribution in [3.63, 3.8) is 0 Å². The third-order valence-corrected chi connectivity index (χ3v) is 4.70. The molecule has 0 radical (unpaired) electrons. The summed E-state index contributed by atoms with van der Waals surface area (Å²) in [5.74, 6) is 1.32. The molecule has 1 aliphatic heterocycles. The average molecular weight is 354 g/mol. The standard InChI is InChI=1S/C20H26N4O2/c1-4-16-11-17(24-23-16)19(25)22-12-15-9-6-10-21-20(15)26-18-13(2)7-5-8-14(18)3/h5-10,16-17,23-24H,4,11-12H2,1-3H3,(H,22,25). The summed E-state index contributed by atoms with van der Waals surface area (Å²) in [6.45, 7) is 6.50. The number of nitrogens with zero attached hydrogens (tertiary/aromatic N) is 1. The zero-order valence-corrected chi connectivity index (χ0v) is 15.5. The number of aromatic nitrogens is 1. The van der Waals surface area contributed by atoms with Crippen LogP contribution in [0.2, 0.25) is 0 Å². The first-order valence-corrected chi connectivity index (χ1v) is 9.05. The highest BCUT2D eigenvalue weighted by atomic mass is 16.5. The van der Waals surface area contributed by atoms with Crippen LogP contribution in [0.25, 0.3) is 0 Å². The van der Waals surface area contributed by atoms with Crippen LogP contribution in [0.4, 0.5) is 0 Å². The van der Waals surface area contributed by atoms with Gasteiger partial charge in [-0.2, -0.15) is 0 Å². The molecule has 2 unspecified atom stereocenters. The summed E-state index contributed by atoms with van der Waals surface area (Å²) < 4.78 is 6.07. The third-order valence-electron chi connectivity index (χ3n) is 4.70. The van der Waals surface area contributed by atoms with Crippen LogP contribution in [-0.4, -0.2) is 23.0 Å². The second-order valence-electron chi connectivity index (χ2n) is 6.69. The van der Waals surface area contributed by atoms with Crippen molar-refractivity contribution in [2.75, 3.05) is 0 Å². The predicted octanol–water partition coefficient (Wildman–Crippen LogP) is 2.75. The lowest BCUT2D eigenvalue weighted by molar-refractivity contribution is -0.123. The first-order chi connectivity index (χ1) is 12.6. The van der Waals surface area contributed by atoms with E-state index in [9.17, 15) is 4.79 Å². The van der Waals surface area contributed by atoms with Crippen molar-refractivity contribution in [2.24, 2.45) is 0 Å². The molecule has 2 atom stereocenters. The van der Waals surface area contributed by atoms with E-state index in [0.29, 0.717) is 18.5 Å². The first-order valence-electron chi connectivity index (χ1n) is 9.05. The number of carbonyl (C=O) groups excluding carboxylic acids is 1. The summed E-state index contributed by atoms with van der Waals surface area (Å²) >= 11 is 0. The van der Waals surface area contributed by atoms with Gasteiger partial charge < -0.3 is 10.1 Å². The monoisotopic (exact) mass is 354 g/mol. The maximum atomic E-state index is 12.4. The van der Waals surface area contributed by atoms with E-state index in [1.54, 1.807) is 6.20 Å². The van der Waals surface area contributed by atoms with Crippen molar-refractivity contribution in [2.45, 2.75) is 52.2 Å². The molecule has 26 heavy (non-hydrogen) atoms. The van der Waals surface area contributed by atoms with Crippen molar-refractivity contribution in [3.8, 4) is 11.6 Å². The molecule has 2 aromatic rings. The molecule has 3 N–H and O–H groups in total. The number of amides is 1. The Kier molecular flexibility index (Phi) is 5.85. The van der Waals surface area contributed by atoms with Gasteiger partial charge in [0, 0.05) is 24.3 Å². The van der Waals surface area contributed by atoms with E-state index in [1.807, 2.05) is 44.2 Å². The summed E-state index contributed by atoms with van der Waals surface area (Å²) in [6.07, 6.45) is 3.48. The highest BCUT2D eigenvalue weighted by Crippen LogP contribution is 2.29. The van der Waals surface area contributed by atoms with Crippen LogP contribution in [-0.2, 0) is 11.3 Å². The Morgan fingerprint density at radius 2 is 2.00 bits per heavy atom. The minimum absolute atomic E-state index is 0.0182. The molecule has 1 fully saturated rings. The maximum absolute atomic E-state index is 12.4. The predicted molar refractivity (Wildman–Crippen MR) is 101 cm³/mol. The van der Waals surface area contributed by atoms with Crippen LogP contribution in [0.1, 0.15) is 36.5 Å². The van der Waals surface area contributed by atoms with Gasteiger partial charge in [0.25, 0.3) is 0 Å². The summed E-state index contributed by atoms with van der Waals surface area (Å²) in [5.41, 5.74) is 9.15. The topological polar surface area (TPSA) is 75.3 Å². The number of para-hydroxylation sites is 1. The molecule has 0 bridgehead atoms. The Morgan fingerprint density at radius 1 is 1.23 bits per heavy atom. The van der Waals surface area contributed by atoms with Gasteiger partial charge in [0.15, 0.2) is 0 Å². The van der Waals surface area contributed by atoms with Crippen LogP contribution < -0.4 is 20.9 Å². The van der Waals surface area contributed by atoms with Crippen molar-refractivity contribution in [1.29, 1.82) is 0 Å². The number of benzene rings is 1. The van der Waals surface area contributed by atoms with Gasteiger partial charge in [-0.05, 0) is 43.9 Å². The van der Waals surface area contributed by atoms with E-state index in [-0.39, 0.29) is 11.9 Å². The maximum Gasteiger partial charge on any atom is 0.238 e. The van der Waals surface area contributed by atoms with Gasteiger partial charge in [-0.3, -0.25) is 10.2 Å². The number of hydrogen-bond donors (Lipinski definition) is 3. The van der Waals surface area contributed by atoms with Gasteiger partial charge in [-0.1, -0.05) is 31.2 Å². The first kappa shape index (κ1) is 18.4. The highest BCUT2D eigenvalue weighted by molar-refractivity contribution is 5.82. The Morgan fingerprint density at radius 3 is 2.69 bits per heavy atom. The molecule has 6 nitrogen and oxygen atoms in total. The molecule has 1 amide bonds. The van der Waals surface area contributed by atoms with Gasteiger partial charge in [0.2, 0.25) is 11.8 Å². The molecular weight excluding hydrogens is 328 g/mol. The average Bonchev–Trinajstić information content (AvgIpc) is 3.13. The lowest BCUT2D eigenvalue weighted by Crippen LogP contribution is -2.43. The molecule has 0 spiro atoms. The SMILES string of the molecule is CCC1CC(C(=O)NCc2cccnc2Oc2c(C)cccc2C)NN1. The molecule has 1 aromatic heterocycles. The third kappa shape index (κ3) is 4.20. The molecule has 2 heterocycles. The summed E-state index contributed by atoms with van der Waals surface area (Å²) in [5, 5.41) is 2.98. The van der Waals surface area contributed by atoms with E-state index in [0.717, 1.165) is 35.3 Å². The van der Waals surface area contributed by atoms with E-state index >= 15 is 0 Å². The molecule has 3 rings (SSSR count). The molecule has 0 aliphatic carbocycles. The van der Waals surface area contributed by atoms with Crippen LogP contribution >= 0.6 is 0 Å². The lowest BCUT2D eigenvalue weighted by Gasteiger charge is -2.15.